The summed E-state index contributed by atoms with van der Waals surface area (Å²) < 4.78 is 4.80. The molecule has 8 nitrogen and oxygen atoms in total. The van der Waals surface area contributed by atoms with Gasteiger partial charge in [-0.2, -0.15) is 0 Å². The summed E-state index contributed by atoms with van der Waals surface area (Å²) in [5, 5.41) is 8.28. The van der Waals surface area contributed by atoms with E-state index in [4.69, 9.17) is 4.52 Å². The van der Waals surface area contributed by atoms with Gasteiger partial charge in [-0.3, -0.25) is 19.2 Å². The van der Waals surface area contributed by atoms with Crippen LogP contribution in [0.4, 0.5) is 0 Å². The first-order valence-corrected chi connectivity index (χ1v) is 7.34. The van der Waals surface area contributed by atoms with Crippen LogP contribution in [0.3, 0.4) is 0 Å². The summed E-state index contributed by atoms with van der Waals surface area (Å²) in [6.07, 6.45) is 1.34. The number of rotatable bonds is 5. The van der Waals surface area contributed by atoms with Gasteiger partial charge in [0.15, 0.2) is 5.69 Å². The van der Waals surface area contributed by atoms with Gasteiger partial charge in [0.05, 0.1) is 4.91 Å². The summed E-state index contributed by atoms with van der Waals surface area (Å²) in [7, 11) is 2.90. The maximum absolute atomic E-state index is 12.4. The lowest BCUT2D eigenvalue weighted by Crippen LogP contribution is -2.23. The Hall–Kier alpha value is -2.42. The lowest BCUT2D eigenvalue weighted by atomic mass is 10.00. The molecular weight excluding hydrogens is 310 g/mol. The fraction of sp³-hybridized carbons (Fsp3) is 0.308. The number of allylic oxidation sites excluding steroid dienone is 2. The Morgan fingerprint density at radius 3 is 2.64 bits per heavy atom. The molecule has 1 heterocycles. The van der Waals surface area contributed by atoms with E-state index < -0.39 is 17.5 Å². The molecule has 1 aromatic heterocycles. The van der Waals surface area contributed by atoms with Crippen LogP contribution in [-0.4, -0.2) is 48.4 Å². The van der Waals surface area contributed by atoms with Crippen LogP contribution in [0.5, 0.6) is 0 Å². The number of fused-ring (bicyclic) bond motifs is 1. The molecule has 9 heteroatoms. The van der Waals surface area contributed by atoms with Crippen molar-refractivity contribution in [3.8, 4) is 0 Å². The molecule has 0 spiro atoms. The minimum absolute atomic E-state index is 0.130. The normalized spacial score (nSPS) is 13.5. The summed E-state index contributed by atoms with van der Waals surface area (Å²) in [5.74, 6) is -1.71. The molecule has 116 valence electrons. The maximum atomic E-state index is 12.4. The van der Waals surface area contributed by atoms with Crippen molar-refractivity contribution in [2.24, 2.45) is 0 Å². The third kappa shape index (κ3) is 2.93. The first-order chi connectivity index (χ1) is 10.5. The Bertz CT molecular complexity index is 692. The minimum Gasteiger partial charge on any atom is -0.359 e. The van der Waals surface area contributed by atoms with E-state index in [2.05, 4.69) is 15.8 Å². The van der Waals surface area contributed by atoms with Crippen LogP contribution in [0, 0.1) is 0 Å². The molecule has 0 bridgehead atoms. The number of nitrogens with zero attached hydrogens (tertiary/aromatic N) is 1. The summed E-state index contributed by atoms with van der Waals surface area (Å²) in [6, 6.07) is 0. The first-order valence-electron chi connectivity index (χ1n) is 6.35. The largest absolute Gasteiger partial charge is 0.359 e. The van der Waals surface area contributed by atoms with Gasteiger partial charge in [0, 0.05) is 32.3 Å². The number of Topliss-reactive ketones (excluding diaryl/α,β-unsaturated/α-hetero) is 1. The van der Waals surface area contributed by atoms with Gasteiger partial charge in [-0.15, -0.1) is 11.8 Å². The molecule has 2 N–H and O–H groups in total. The smallest absolute Gasteiger partial charge is 0.274 e. The van der Waals surface area contributed by atoms with E-state index in [1.165, 1.54) is 14.1 Å². The Morgan fingerprint density at radius 1 is 1.27 bits per heavy atom. The highest BCUT2D eigenvalue weighted by atomic mass is 32.2. The predicted molar refractivity (Wildman–Crippen MR) is 77.8 cm³/mol. The predicted octanol–water partition coefficient (Wildman–Crippen LogP) is 0.166. The minimum atomic E-state index is -0.609. The summed E-state index contributed by atoms with van der Waals surface area (Å²) in [6.45, 7) is 0. The van der Waals surface area contributed by atoms with Gasteiger partial charge in [0.1, 0.15) is 5.56 Å². The summed E-state index contributed by atoms with van der Waals surface area (Å²) in [4.78, 5) is 47.3. The van der Waals surface area contributed by atoms with Crippen molar-refractivity contribution in [3.63, 3.8) is 0 Å². The van der Waals surface area contributed by atoms with E-state index in [-0.39, 0.29) is 34.3 Å². The van der Waals surface area contributed by atoms with Gasteiger partial charge in [-0.25, -0.2) is 0 Å². The molecular formula is C13H13N3O5S. The molecule has 0 atom stereocenters. The van der Waals surface area contributed by atoms with Crippen molar-refractivity contribution in [2.75, 3.05) is 19.8 Å². The van der Waals surface area contributed by atoms with Crippen molar-refractivity contribution in [2.45, 2.75) is 6.42 Å². The molecule has 0 saturated heterocycles. The Kier molecular flexibility index (Phi) is 4.76. The zero-order valence-electron chi connectivity index (χ0n) is 11.9. The van der Waals surface area contributed by atoms with Gasteiger partial charge >= 0.3 is 0 Å². The van der Waals surface area contributed by atoms with Crippen LogP contribution in [0.25, 0.3) is 0 Å². The van der Waals surface area contributed by atoms with Gasteiger partial charge < -0.3 is 15.2 Å². The standard InChI is InChI=1S/C13H13N3O5S/c1-14-8(18)3-4-22-7-5-6(17)12-9(11(7)19)10(16-21-12)13(20)15-2/h5H,3-4H2,1-2H3,(H,14,18)(H,15,20). The second-order valence-corrected chi connectivity index (χ2v) is 5.42. The molecule has 1 aliphatic rings. The highest BCUT2D eigenvalue weighted by molar-refractivity contribution is 8.04. The quantitative estimate of drug-likeness (QED) is 0.792. The number of carbonyl (C=O) groups excluding carboxylic acids is 4. The van der Waals surface area contributed by atoms with Crippen molar-refractivity contribution in [1.82, 2.24) is 15.8 Å². The fourth-order valence-corrected chi connectivity index (χ4v) is 2.73. The summed E-state index contributed by atoms with van der Waals surface area (Å²) in [5.41, 5.74) is -0.345. The lowest BCUT2D eigenvalue weighted by molar-refractivity contribution is -0.120. The van der Waals surface area contributed by atoms with E-state index >= 15 is 0 Å². The molecule has 0 fully saturated rings. The van der Waals surface area contributed by atoms with Crippen LogP contribution >= 0.6 is 11.8 Å². The maximum Gasteiger partial charge on any atom is 0.274 e. The molecule has 0 aromatic carbocycles. The molecule has 0 aliphatic heterocycles. The number of hydrogen-bond donors (Lipinski definition) is 2. The number of amides is 2. The van der Waals surface area contributed by atoms with E-state index in [1.807, 2.05) is 0 Å². The zero-order chi connectivity index (χ0) is 16.3. The number of aromatic nitrogens is 1. The third-order valence-electron chi connectivity index (χ3n) is 2.94. The summed E-state index contributed by atoms with van der Waals surface area (Å²) >= 11 is 1.08. The van der Waals surface area contributed by atoms with E-state index in [0.29, 0.717) is 5.75 Å². The number of ketones is 2. The molecule has 1 aliphatic carbocycles. The monoisotopic (exact) mass is 323 g/mol. The molecule has 2 amide bonds. The number of nitrogens with one attached hydrogen (secondary N) is 2. The van der Waals surface area contributed by atoms with Gasteiger partial charge in [-0.05, 0) is 0 Å². The highest BCUT2D eigenvalue weighted by Crippen LogP contribution is 2.30. The highest BCUT2D eigenvalue weighted by Gasteiger charge is 2.35. The van der Waals surface area contributed by atoms with Crippen molar-refractivity contribution in [3.05, 3.63) is 28.0 Å². The van der Waals surface area contributed by atoms with E-state index in [1.54, 1.807) is 0 Å². The Morgan fingerprint density at radius 2 is 2.00 bits per heavy atom. The SMILES string of the molecule is CNC(=O)CCSC1=CC(=O)c2onc(C(=O)NC)c2C1=O. The Balaban J connectivity index is 2.22. The van der Waals surface area contributed by atoms with Gasteiger partial charge in [0.25, 0.3) is 5.91 Å². The molecule has 0 unspecified atom stereocenters. The molecule has 0 radical (unpaired) electrons. The topological polar surface area (TPSA) is 118 Å². The van der Waals surface area contributed by atoms with Crippen LogP contribution in [-0.2, 0) is 4.79 Å². The Labute approximate surface area is 129 Å². The number of thioether (sulfide) groups is 1. The second-order valence-electron chi connectivity index (χ2n) is 4.29. The fourth-order valence-electron chi connectivity index (χ4n) is 1.80. The van der Waals surface area contributed by atoms with Crippen LogP contribution in [0.2, 0.25) is 0 Å². The van der Waals surface area contributed by atoms with Crippen molar-refractivity contribution < 1.29 is 23.7 Å². The molecule has 1 aromatic rings. The van der Waals surface area contributed by atoms with Crippen LogP contribution < -0.4 is 10.6 Å². The average Bonchev–Trinajstić information content (AvgIpc) is 2.96. The van der Waals surface area contributed by atoms with Gasteiger partial charge in [-0.1, -0.05) is 5.16 Å². The van der Waals surface area contributed by atoms with E-state index in [0.717, 1.165) is 17.8 Å². The molecule has 2 rings (SSSR count). The van der Waals surface area contributed by atoms with Crippen molar-refractivity contribution >= 4 is 35.1 Å². The average molecular weight is 323 g/mol. The van der Waals surface area contributed by atoms with Crippen LogP contribution in [0.1, 0.15) is 37.8 Å². The number of hydrogen-bond acceptors (Lipinski definition) is 7. The zero-order valence-corrected chi connectivity index (χ0v) is 12.7. The van der Waals surface area contributed by atoms with Crippen molar-refractivity contribution in [1.29, 1.82) is 0 Å². The lowest BCUT2D eigenvalue weighted by Gasteiger charge is -2.10. The molecule has 22 heavy (non-hydrogen) atoms. The number of carbonyl (C=O) groups is 4. The van der Waals surface area contributed by atoms with E-state index in [9.17, 15) is 19.2 Å². The first kappa shape index (κ1) is 16.0. The van der Waals surface area contributed by atoms with Crippen LogP contribution in [0.15, 0.2) is 15.5 Å². The second kappa shape index (κ2) is 6.56. The van der Waals surface area contributed by atoms with Gasteiger partial charge in [0.2, 0.25) is 23.2 Å². The third-order valence-corrected chi connectivity index (χ3v) is 3.96. The molecule has 0 saturated carbocycles.